The van der Waals surface area contributed by atoms with Crippen LogP contribution in [0.5, 0.6) is 0 Å². The maximum Gasteiger partial charge on any atom is 0.254 e. The fraction of sp³-hybridized carbons (Fsp3) is 0.571. The van der Waals surface area contributed by atoms with Crippen molar-refractivity contribution in [3.63, 3.8) is 0 Å². The van der Waals surface area contributed by atoms with Crippen molar-refractivity contribution in [1.82, 2.24) is 9.88 Å². The van der Waals surface area contributed by atoms with Gasteiger partial charge in [0.1, 0.15) is 5.15 Å². The molecule has 18 heavy (non-hydrogen) atoms. The Hall–Kier alpha value is -1.09. The van der Waals surface area contributed by atoms with Crippen LogP contribution in [0, 0.1) is 0 Å². The third-order valence-corrected chi connectivity index (χ3v) is 3.80. The smallest absolute Gasteiger partial charge is 0.254 e. The SMILES string of the molecule is CCc1cc(C(=O)N2CCCC2(C)C)cc(Cl)n1. The monoisotopic (exact) mass is 266 g/mol. The average Bonchev–Trinajstić information content (AvgIpc) is 2.67. The average molecular weight is 267 g/mol. The number of nitrogens with zero attached hydrogens (tertiary/aromatic N) is 2. The number of likely N-dealkylation sites (tertiary alicyclic amines) is 1. The molecule has 2 heterocycles. The molecule has 2 rings (SSSR count). The van der Waals surface area contributed by atoms with E-state index >= 15 is 0 Å². The lowest BCUT2D eigenvalue weighted by Crippen LogP contribution is -2.42. The summed E-state index contributed by atoms with van der Waals surface area (Å²) in [5.74, 6) is 0.0662. The lowest BCUT2D eigenvalue weighted by molar-refractivity contribution is 0.0651. The number of aromatic nitrogens is 1. The summed E-state index contributed by atoms with van der Waals surface area (Å²) in [6.07, 6.45) is 2.90. The van der Waals surface area contributed by atoms with Gasteiger partial charge in [0.05, 0.1) is 0 Å². The highest BCUT2D eigenvalue weighted by atomic mass is 35.5. The number of rotatable bonds is 2. The summed E-state index contributed by atoms with van der Waals surface area (Å²) in [6.45, 7) is 7.06. The Morgan fingerprint density at radius 1 is 1.50 bits per heavy atom. The molecule has 0 saturated carbocycles. The van der Waals surface area contributed by atoms with Crippen LogP contribution >= 0.6 is 11.6 Å². The molecule has 0 aromatic carbocycles. The molecular weight excluding hydrogens is 248 g/mol. The summed E-state index contributed by atoms with van der Waals surface area (Å²) in [5, 5.41) is 0.398. The topological polar surface area (TPSA) is 33.2 Å². The summed E-state index contributed by atoms with van der Waals surface area (Å²) in [5.41, 5.74) is 1.46. The minimum Gasteiger partial charge on any atom is -0.334 e. The molecule has 1 saturated heterocycles. The minimum absolute atomic E-state index is 0.0563. The van der Waals surface area contributed by atoms with Crippen LogP contribution in [-0.4, -0.2) is 27.9 Å². The normalized spacial score (nSPS) is 18.1. The van der Waals surface area contributed by atoms with Crippen LogP contribution in [-0.2, 0) is 6.42 Å². The summed E-state index contributed by atoms with van der Waals surface area (Å²) >= 11 is 5.97. The summed E-state index contributed by atoms with van der Waals surface area (Å²) in [4.78, 5) is 18.7. The third-order valence-electron chi connectivity index (χ3n) is 3.60. The first kappa shape index (κ1) is 13.3. The van der Waals surface area contributed by atoms with Crippen LogP contribution in [0.1, 0.15) is 49.7 Å². The highest BCUT2D eigenvalue weighted by Crippen LogP contribution is 2.30. The van der Waals surface area contributed by atoms with Crippen LogP contribution in [0.2, 0.25) is 5.15 Å². The van der Waals surface area contributed by atoms with Gasteiger partial charge in [-0.3, -0.25) is 4.79 Å². The Morgan fingerprint density at radius 2 is 2.22 bits per heavy atom. The largest absolute Gasteiger partial charge is 0.334 e. The van der Waals surface area contributed by atoms with Gasteiger partial charge in [-0.2, -0.15) is 0 Å². The van der Waals surface area contributed by atoms with Gasteiger partial charge in [0.2, 0.25) is 0 Å². The predicted octanol–water partition coefficient (Wildman–Crippen LogP) is 3.31. The molecule has 1 fully saturated rings. The van der Waals surface area contributed by atoms with E-state index in [1.54, 1.807) is 6.07 Å². The first-order chi connectivity index (χ1) is 8.44. The third kappa shape index (κ3) is 2.51. The van der Waals surface area contributed by atoms with E-state index in [4.69, 9.17) is 11.6 Å². The summed E-state index contributed by atoms with van der Waals surface area (Å²) in [6, 6.07) is 3.51. The molecule has 1 aliphatic rings. The van der Waals surface area contributed by atoms with Gasteiger partial charge in [-0.25, -0.2) is 4.98 Å². The first-order valence-electron chi connectivity index (χ1n) is 6.42. The fourth-order valence-corrected chi connectivity index (χ4v) is 2.72. The number of amides is 1. The Balaban J connectivity index is 2.31. The summed E-state index contributed by atoms with van der Waals surface area (Å²) in [7, 11) is 0. The molecule has 1 aromatic heterocycles. The van der Waals surface area contributed by atoms with Gasteiger partial charge in [0.25, 0.3) is 5.91 Å². The molecule has 1 aromatic rings. The van der Waals surface area contributed by atoms with E-state index in [9.17, 15) is 4.79 Å². The van der Waals surface area contributed by atoms with Crippen LogP contribution < -0.4 is 0 Å². The molecule has 1 amide bonds. The van der Waals surface area contributed by atoms with Gasteiger partial charge in [-0.15, -0.1) is 0 Å². The molecule has 0 N–H and O–H groups in total. The van der Waals surface area contributed by atoms with Gasteiger partial charge >= 0.3 is 0 Å². The number of carbonyl (C=O) groups excluding carboxylic acids is 1. The van der Waals surface area contributed by atoms with Crippen LogP contribution in [0.25, 0.3) is 0 Å². The lowest BCUT2D eigenvalue weighted by Gasteiger charge is -2.31. The zero-order valence-corrected chi connectivity index (χ0v) is 11.9. The zero-order valence-electron chi connectivity index (χ0n) is 11.2. The van der Waals surface area contributed by atoms with E-state index in [1.165, 1.54) is 0 Å². The molecule has 3 nitrogen and oxygen atoms in total. The maximum atomic E-state index is 12.5. The second kappa shape index (κ2) is 4.88. The molecule has 0 aliphatic carbocycles. The standard InChI is InChI=1S/C14H19ClN2O/c1-4-11-8-10(9-12(15)16-11)13(18)17-7-5-6-14(17,2)3/h8-9H,4-7H2,1-3H3. The van der Waals surface area contributed by atoms with Crippen molar-refractivity contribution < 1.29 is 4.79 Å². The minimum atomic E-state index is -0.0563. The molecule has 1 aliphatic heterocycles. The molecule has 4 heteroatoms. The Morgan fingerprint density at radius 3 is 2.78 bits per heavy atom. The van der Waals surface area contributed by atoms with Crippen molar-refractivity contribution in [1.29, 1.82) is 0 Å². The van der Waals surface area contributed by atoms with E-state index in [-0.39, 0.29) is 11.4 Å². The van der Waals surface area contributed by atoms with Gasteiger partial charge in [0.15, 0.2) is 0 Å². The van der Waals surface area contributed by atoms with Crippen molar-refractivity contribution in [2.75, 3.05) is 6.54 Å². The summed E-state index contributed by atoms with van der Waals surface area (Å²) < 4.78 is 0. The van der Waals surface area contributed by atoms with Gasteiger partial charge in [-0.05, 0) is 45.2 Å². The zero-order chi connectivity index (χ0) is 13.3. The number of carbonyl (C=O) groups is 1. The second-order valence-electron chi connectivity index (χ2n) is 5.40. The molecule has 0 radical (unpaired) electrons. The van der Waals surface area contributed by atoms with Crippen molar-refractivity contribution in [2.24, 2.45) is 0 Å². The highest BCUT2D eigenvalue weighted by molar-refractivity contribution is 6.29. The van der Waals surface area contributed by atoms with Crippen molar-refractivity contribution in [3.8, 4) is 0 Å². The molecule has 0 bridgehead atoms. The maximum absolute atomic E-state index is 12.5. The second-order valence-corrected chi connectivity index (χ2v) is 5.78. The van der Waals surface area contributed by atoms with Crippen molar-refractivity contribution >= 4 is 17.5 Å². The van der Waals surface area contributed by atoms with Crippen molar-refractivity contribution in [2.45, 2.75) is 45.6 Å². The number of pyridine rings is 1. The number of halogens is 1. The van der Waals surface area contributed by atoms with E-state index < -0.39 is 0 Å². The number of hydrogen-bond acceptors (Lipinski definition) is 2. The van der Waals surface area contributed by atoms with Crippen molar-refractivity contribution in [3.05, 3.63) is 28.5 Å². The van der Waals surface area contributed by atoms with E-state index in [1.807, 2.05) is 17.9 Å². The molecule has 98 valence electrons. The predicted molar refractivity (Wildman–Crippen MR) is 73.0 cm³/mol. The lowest BCUT2D eigenvalue weighted by atomic mass is 10.0. The van der Waals surface area contributed by atoms with Crippen LogP contribution in [0.3, 0.4) is 0 Å². The molecule has 0 atom stereocenters. The molecule has 0 spiro atoms. The fourth-order valence-electron chi connectivity index (χ4n) is 2.50. The van der Waals surface area contributed by atoms with E-state index in [2.05, 4.69) is 18.8 Å². The molecular formula is C14H19ClN2O. The number of aryl methyl sites for hydroxylation is 1. The van der Waals surface area contributed by atoms with Gasteiger partial charge in [0, 0.05) is 23.3 Å². The quantitative estimate of drug-likeness (QED) is 0.770. The van der Waals surface area contributed by atoms with E-state index in [0.29, 0.717) is 10.7 Å². The first-order valence-corrected chi connectivity index (χ1v) is 6.80. The Labute approximate surface area is 113 Å². The highest BCUT2D eigenvalue weighted by Gasteiger charge is 2.35. The Bertz CT molecular complexity index is 471. The Kier molecular flexibility index (Phi) is 3.62. The van der Waals surface area contributed by atoms with Crippen LogP contribution in [0.4, 0.5) is 0 Å². The molecule has 0 unspecified atom stereocenters. The van der Waals surface area contributed by atoms with Gasteiger partial charge in [-0.1, -0.05) is 18.5 Å². The number of hydrogen-bond donors (Lipinski definition) is 0. The van der Waals surface area contributed by atoms with Gasteiger partial charge < -0.3 is 4.90 Å². The van der Waals surface area contributed by atoms with E-state index in [0.717, 1.165) is 31.5 Å². The van der Waals surface area contributed by atoms with Crippen LogP contribution in [0.15, 0.2) is 12.1 Å².